The van der Waals surface area contributed by atoms with Gasteiger partial charge in [-0.15, -0.1) is 0 Å². The number of hydrogen-bond donors (Lipinski definition) is 1. The normalized spacial score (nSPS) is 31.1. The van der Waals surface area contributed by atoms with Gasteiger partial charge < -0.3 is 0 Å². The molecule has 82 valence electrons. The zero-order valence-electron chi connectivity index (χ0n) is 8.55. The molecule has 0 aromatic heterocycles. The molecule has 0 aliphatic carbocycles. The van der Waals surface area contributed by atoms with Crippen LogP contribution in [0.3, 0.4) is 0 Å². The Morgan fingerprint density at radius 2 is 2.13 bits per heavy atom. The number of para-hydroxylation sites is 1. The summed E-state index contributed by atoms with van der Waals surface area (Å²) in [5, 5.41) is 2.80. The number of hydrogen-bond acceptors (Lipinski definition) is 3. The fraction of sp³-hybridized carbons (Fsp3) is 0.400. The van der Waals surface area contributed by atoms with Crippen molar-refractivity contribution in [2.45, 2.75) is 19.4 Å². The van der Waals surface area contributed by atoms with E-state index in [1.165, 1.54) is 0 Å². The molecule has 5 heteroatoms. The summed E-state index contributed by atoms with van der Waals surface area (Å²) in [5.74, 6) is 0. The van der Waals surface area contributed by atoms with Crippen molar-refractivity contribution in [3.63, 3.8) is 0 Å². The summed E-state index contributed by atoms with van der Waals surface area (Å²) in [4.78, 5) is 0. The lowest BCUT2D eigenvalue weighted by Crippen LogP contribution is -2.20. The van der Waals surface area contributed by atoms with Gasteiger partial charge in [-0.3, -0.25) is 14.1 Å². The topological polar surface area (TPSA) is 47.6 Å². The molecule has 1 aromatic rings. The van der Waals surface area contributed by atoms with Gasteiger partial charge in [0.2, 0.25) is 0 Å². The minimum atomic E-state index is -3.14. The van der Waals surface area contributed by atoms with E-state index in [2.05, 4.69) is 5.09 Å². The van der Waals surface area contributed by atoms with Crippen LogP contribution in [0.2, 0.25) is 0 Å². The first-order valence-electron chi connectivity index (χ1n) is 4.94. The molecule has 0 radical (unpaired) electrons. The third-order valence-electron chi connectivity index (χ3n) is 2.14. The summed E-state index contributed by atoms with van der Waals surface area (Å²) in [7, 11) is -3.14. The van der Waals surface area contributed by atoms with Gasteiger partial charge in [-0.05, 0) is 25.5 Å². The fourth-order valence-electron chi connectivity index (χ4n) is 1.39. The van der Waals surface area contributed by atoms with E-state index in [0.29, 0.717) is 6.61 Å². The van der Waals surface area contributed by atoms with Crippen LogP contribution in [0.5, 0.6) is 0 Å². The first-order chi connectivity index (χ1) is 7.18. The molecule has 0 amide bonds. The molecule has 1 aliphatic heterocycles. The van der Waals surface area contributed by atoms with Crippen molar-refractivity contribution in [1.82, 2.24) is 0 Å². The summed E-state index contributed by atoms with van der Waals surface area (Å²) in [6.07, 6.45) is 0.751. The second kappa shape index (κ2) is 4.35. The molecule has 1 saturated heterocycles. The summed E-state index contributed by atoms with van der Waals surface area (Å²) in [5.41, 5.74) is 0.745. The van der Waals surface area contributed by atoms with Crippen LogP contribution in [-0.4, -0.2) is 12.7 Å². The molecule has 0 saturated carbocycles. The molecule has 1 aromatic carbocycles. The smallest absolute Gasteiger partial charge is 0.293 e. The van der Waals surface area contributed by atoms with E-state index in [-0.39, 0.29) is 6.10 Å². The Hall–Kier alpha value is -0.830. The molecule has 0 spiro atoms. The molecule has 0 bridgehead atoms. The SMILES string of the molecule is C[C@H]1CCO[P@@](=O)(Nc2ccccc2)O1. The van der Waals surface area contributed by atoms with Gasteiger partial charge in [-0.1, -0.05) is 18.2 Å². The van der Waals surface area contributed by atoms with Crippen LogP contribution in [0, 0.1) is 0 Å². The molecule has 1 fully saturated rings. The summed E-state index contributed by atoms with van der Waals surface area (Å²) in [6.45, 7) is 2.36. The van der Waals surface area contributed by atoms with Crippen LogP contribution in [0.1, 0.15) is 13.3 Å². The Bertz CT molecular complexity index is 368. The van der Waals surface area contributed by atoms with Crippen LogP contribution >= 0.6 is 7.75 Å². The summed E-state index contributed by atoms with van der Waals surface area (Å²) >= 11 is 0. The van der Waals surface area contributed by atoms with Crippen molar-refractivity contribution in [2.24, 2.45) is 0 Å². The number of benzene rings is 1. The Labute approximate surface area is 89.2 Å². The zero-order valence-corrected chi connectivity index (χ0v) is 9.44. The van der Waals surface area contributed by atoms with Gasteiger partial charge in [0, 0.05) is 5.69 Å². The maximum Gasteiger partial charge on any atom is 0.432 e. The summed E-state index contributed by atoms with van der Waals surface area (Å²) < 4.78 is 22.5. The second-order valence-corrected chi connectivity index (χ2v) is 5.20. The molecular weight excluding hydrogens is 213 g/mol. The Morgan fingerprint density at radius 1 is 1.40 bits per heavy atom. The van der Waals surface area contributed by atoms with Gasteiger partial charge in [0.25, 0.3) is 0 Å². The van der Waals surface area contributed by atoms with E-state index in [1.807, 2.05) is 37.3 Å². The van der Waals surface area contributed by atoms with Gasteiger partial charge >= 0.3 is 7.75 Å². The van der Waals surface area contributed by atoms with Crippen molar-refractivity contribution in [3.8, 4) is 0 Å². The van der Waals surface area contributed by atoms with E-state index < -0.39 is 7.75 Å². The average Bonchev–Trinajstić information content (AvgIpc) is 2.18. The third kappa shape index (κ3) is 2.81. The van der Waals surface area contributed by atoms with Gasteiger partial charge in [0.1, 0.15) is 0 Å². The van der Waals surface area contributed by atoms with Crippen LogP contribution in [-0.2, 0) is 13.6 Å². The van der Waals surface area contributed by atoms with Gasteiger partial charge in [0.05, 0.1) is 12.7 Å². The number of anilines is 1. The molecule has 0 unspecified atom stereocenters. The minimum Gasteiger partial charge on any atom is -0.293 e. The number of nitrogens with one attached hydrogen (secondary N) is 1. The Kier molecular flexibility index (Phi) is 3.10. The molecule has 2 rings (SSSR count). The van der Waals surface area contributed by atoms with Crippen molar-refractivity contribution < 1.29 is 13.6 Å². The first kappa shape index (κ1) is 10.7. The highest BCUT2D eigenvalue weighted by atomic mass is 31.2. The van der Waals surface area contributed by atoms with Crippen molar-refractivity contribution in [3.05, 3.63) is 30.3 Å². The van der Waals surface area contributed by atoms with Crippen LogP contribution in [0.4, 0.5) is 5.69 Å². The minimum absolute atomic E-state index is 0.0270. The van der Waals surface area contributed by atoms with Crippen LogP contribution in [0.15, 0.2) is 30.3 Å². The predicted octanol–water partition coefficient (Wildman–Crippen LogP) is 3.03. The van der Waals surface area contributed by atoms with Gasteiger partial charge in [0.15, 0.2) is 0 Å². The fourth-order valence-corrected chi connectivity index (χ4v) is 2.96. The Balaban J connectivity index is 2.07. The van der Waals surface area contributed by atoms with Crippen LogP contribution < -0.4 is 5.09 Å². The molecule has 1 aliphatic rings. The quantitative estimate of drug-likeness (QED) is 0.789. The van der Waals surface area contributed by atoms with E-state index in [4.69, 9.17) is 9.05 Å². The molecule has 1 heterocycles. The van der Waals surface area contributed by atoms with E-state index in [9.17, 15) is 4.57 Å². The molecule has 4 nitrogen and oxygen atoms in total. The van der Waals surface area contributed by atoms with Crippen molar-refractivity contribution >= 4 is 13.4 Å². The first-order valence-corrected chi connectivity index (χ1v) is 6.48. The van der Waals surface area contributed by atoms with Crippen molar-refractivity contribution in [2.75, 3.05) is 11.7 Å². The maximum absolute atomic E-state index is 12.1. The average molecular weight is 227 g/mol. The summed E-state index contributed by atoms with van der Waals surface area (Å²) in [6, 6.07) is 9.27. The lowest BCUT2D eigenvalue weighted by molar-refractivity contribution is 0.0955. The zero-order chi connectivity index (χ0) is 10.7. The Morgan fingerprint density at radius 3 is 2.80 bits per heavy atom. The van der Waals surface area contributed by atoms with Crippen LogP contribution in [0.25, 0.3) is 0 Å². The maximum atomic E-state index is 12.1. The van der Waals surface area contributed by atoms with Gasteiger partial charge in [-0.2, -0.15) is 0 Å². The monoisotopic (exact) mass is 227 g/mol. The lowest BCUT2D eigenvalue weighted by atomic mass is 10.3. The highest BCUT2D eigenvalue weighted by Crippen LogP contribution is 2.51. The lowest BCUT2D eigenvalue weighted by Gasteiger charge is -2.28. The molecule has 2 atom stereocenters. The highest BCUT2D eigenvalue weighted by molar-refractivity contribution is 7.55. The second-order valence-electron chi connectivity index (χ2n) is 3.51. The predicted molar refractivity (Wildman–Crippen MR) is 58.8 cm³/mol. The standard InChI is InChI=1S/C10H14NO3P/c1-9-7-8-13-15(12,14-9)11-10-5-3-2-4-6-10/h2-6,9H,7-8H2,1H3,(H,11,12)/t9-,15-/m0/s1. The van der Waals surface area contributed by atoms with E-state index >= 15 is 0 Å². The molecule has 1 N–H and O–H groups in total. The molecular formula is C10H14NO3P. The third-order valence-corrected chi connectivity index (χ3v) is 3.84. The largest absolute Gasteiger partial charge is 0.432 e. The number of rotatable bonds is 2. The van der Waals surface area contributed by atoms with E-state index in [1.54, 1.807) is 0 Å². The van der Waals surface area contributed by atoms with E-state index in [0.717, 1.165) is 12.1 Å². The highest BCUT2D eigenvalue weighted by Gasteiger charge is 2.31. The van der Waals surface area contributed by atoms with Crippen molar-refractivity contribution in [1.29, 1.82) is 0 Å². The van der Waals surface area contributed by atoms with Gasteiger partial charge in [-0.25, -0.2) is 4.57 Å². The molecule has 15 heavy (non-hydrogen) atoms.